The van der Waals surface area contributed by atoms with Gasteiger partial charge >= 0.3 is 0 Å². The zero-order valence-corrected chi connectivity index (χ0v) is 22.5. The van der Waals surface area contributed by atoms with Crippen LogP contribution in [0.15, 0.2) is 47.6 Å². The molecule has 10 heteroatoms. The first-order chi connectivity index (χ1) is 18.7. The molecule has 0 bridgehead atoms. The molecule has 2 saturated heterocycles. The number of rotatable bonds is 9. The molecule has 0 unspecified atom stereocenters. The van der Waals surface area contributed by atoms with Crippen LogP contribution >= 0.6 is 11.6 Å². The molecular formula is C28H34ClN7O2. The molecule has 38 heavy (non-hydrogen) atoms. The molecule has 2 aliphatic rings. The van der Waals surface area contributed by atoms with Crippen LogP contribution < -0.4 is 24.7 Å². The highest BCUT2D eigenvalue weighted by molar-refractivity contribution is 6.31. The summed E-state index contributed by atoms with van der Waals surface area (Å²) in [5, 5.41) is 5.10. The van der Waals surface area contributed by atoms with E-state index in [9.17, 15) is 0 Å². The lowest BCUT2D eigenvalue weighted by molar-refractivity contribution is 0.284. The van der Waals surface area contributed by atoms with Gasteiger partial charge in [-0.3, -0.25) is 0 Å². The Kier molecular flexibility index (Phi) is 8.75. The number of hydrogen-bond donors (Lipinski definition) is 1. The molecule has 2 aliphatic heterocycles. The molecule has 0 radical (unpaired) electrons. The van der Waals surface area contributed by atoms with Crippen molar-refractivity contribution in [2.45, 2.75) is 45.1 Å². The number of piperidine rings is 2. The number of benzene rings is 2. The lowest BCUT2D eigenvalue weighted by Gasteiger charge is -2.30. The fourth-order valence-electron chi connectivity index (χ4n) is 4.70. The topological polar surface area (TPSA) is 88.0 Å². The van der Waals surface area contributed by atoms with Gasteiger partial charge in [-0.1, -0.05) is 29.8 Å². The summed E-state index contributed by atoms with van der Waals surface area (Å²) in [5.41, 5.74) is 4.78. The molecule has 0 aliphatic carbocycles. The third-order valence-corrected chi connectivity index (χ3v) is 7.17. The molecular weight excluding hydrogens is 502 g/mol. The molecule has 0 atom stereocenters. The quantitative estimate of drug-likeness (QED) is 0.282. The van der Waals surface area contributed by atoms with Gasteiger partial charge in [0.15, 0.2) is 11.5 Å². The van der Waals surface area contributed by atoms with E-state index in [0.717, 1.165) is 74.9 Å². The third-order valence-electron chi connectivity index (χ3n) is 6.80. The molecule has 3 heterocycles. The summed E-state index contributed by atoms with van der Waals surface area (Å²) in [6.07, 6.45) is 8.85. The Morgan fingerprint density at radius 1 is 0.868 bits per heavy atom. The standard InChI is InChI=1S/C28H34ClN7O2/c1-37-24-13-12-21(18-25(24)38-20-22-10-4-5-11-23(22)29)19-30-34-26-31-27(35-14-6-2-7-15-35)33-28(32-26)36-16-8-3-9-17-36/h4-5,10-13,18-19H,2-3,6-9,14-17,20H2,1H3,(H,31,32,33,34)/b30-19+. The highest BCUT2D eigenvalue weighted by Gasteiger charge is 2.20. The van der Waals surface area contributed by atoms with Crippen molar-refractivity contribution >= 4 is 35.7 Å². The maximum Gasteiger partial charge on any atom is 0.250 e. The molecule has 3 aromatic rings. The minimum atomic E-state index is 0.332. The number of methoxy groups -OCH3 is 1. The Balaban J connectivity index is 1.31. The fourth-order valence-corrected chi connectivity index (χ4v) is 4.89. The normalized spacial score (nSPS) is 16.1. The molecule has 0 amide bonds. The average Bonchev–Trinajstić information content (AvgIpc) is 2.97. The lowest BCUT2D eigenvalue weighted by atomic mass is 10.1. The maximum atomic E-state index is 6.28. The summed E-state index contributed by atoms with van der Waals surface area (Å²) >= 11 is 6.28. The molecule has 5 rings (SSSR count). The Morgan fingerprint density at radius 3 is 2.16 bits per heavy atom. The van der Waals surface area contributed by atoms with E-state index in [1.165, 1.54) is 12.8 Å². The van der Waals surface area contributed by atoms with Crippen LogP contribution in [-0.4, -0.2) is 54.5 Å². The van der Waals surface area contributed by atoms with Crippen LogP contribution in [0.5, 0.6) is 11.5 Å². The number of halogens is 1. The van der Waals surface area contributed by atoms with Crippen LogP contribution in [0.1, 0.15) is 49.7 Å². The predicted octanol–water partition coefficient (Wildman–Crippen LogP) is 5.54. The number of nitrogens with one attached hydrogen (secondary N) is 1. The summed E-state index contributed by atoms with van der Waals surface area (Å²) in [5.74, 6) is 3.13. The van der Waals surface area contributed by atoms with Gasteiger partial charge in [0.2, 0.25) is 17.8 Å². The van der Waals surface area contributed by atoms with Crippen LogP contribution in [0.2, 0.25) is 5.02 Å². The van der Waals surface area contributed by atoms with E-state index in [-0.39, 0.29) is 0 Å². The molecule has 9 nitrogen and oxygen atoms in total. The van der Waals surface area contributed by atoms with Crippen molar-refractivity contribution in [3.8, 4) is 11.5 Å². The first-order valence-electron chi connectivity index (χ1n) is 13.3. The van der Waals surface area contributed by atoms with E-state index in [2.05, 4.69) is 20.3 Å². The second kappa shape index (κ2) is 12.8. The average molecular weight is 536 g/mol. The van der Waals surface area contributed by atoms with Crippen LogP contribution in [0.25, 0.3) is 0 Å². The fraction of sp³-hybridized carbons (Fsp3) is 0.429. The van der Waals surface area contributed by atoms with E-state index in [0.29, 0.717) is 29.1 Å². The van der Waals surface area contributed by atoms with Crippen molar-refractivity contribution < 1.29 is 9.47 Å². The number of hydrogen-bond acceptors (Lipinski definition) is 9. The molecule has 0 spiro atoms. The van der Waals surface area contributed by atoms with Crippen molar-refractivity contribution in [1.29, 1.82) is 0 Å². The zero-order chi connectivity index (χ0) is 26.2. The zero-order valence-electron chi connectivity index (χ0n) is 21.8. The van der Waals surface area contributed by atoms with Gasteiger partial charge in [-0.25, -0.2) is 5.43 Å². The summed E-state index contributed by atoms with van der Waals surface area (Å²) in [4.78, 5) is 18.7. The van der Waals surface area contributed by atoms with Gasteiger partial charge < -0.3 is 19.3 Å². The SMILES string of the molecule is COc1ccc(/C=N/Nc2nc(N3CCCCC3)nc(N3CCCCC3)n2)cc1OCc1ccccc1Cl. The highest BCUT2D eigenvalue weighted by Crippen LogP contribution is 2.29. The minimum Gasteiger partial charge on any atom is -0.493 e. The van der Waals surface area contributed by atoms with Crippen molar-refractivity contribution in [2.75, 3.05) is 48.5 Å². The second-order valence-corrected chi connectivity index (χ2v) is 9.92. The summed E-state index contributed by atoms with van der Waals surface area (Å²) < 4.78 is 11.5. The summed E-state index contributed by atoms with van der Waals surface area (Å²) in [6.45, 7) is 4.20. The van der Waals surface area contributed by atoms with E-state index in [1.807, 2.05) is 42.5 Å². The van der Waals surface area contributed by atoms with Crippen LogP contribution in [-0.2, 0) is 6.61 Å². The van der Waals surface area contributed by atoms with Crippen molar-refractivity contribution in [1.82, 2.24) is 15.0 Å². The summed E-state index contributed by atoms with van der Waals surface area (Å²) in [6, 6.07) is 13.3. The summed E-state index contributed by atoms with van der Waals surface area (Å²) in [7, 11) is 1.62. The van der Waals surface area contributed by atoms with Gasteiger partial charge in [0, 0.05) is 36.8 Å². The third kappa shape index (κ3) is 6.64. The van der Waals surface area contributed by atoms with Gasteiger partial charge in [0.05, 0.1) is 13.3 Å². The maximum absolute atomic E-state index is 6.28. The van der Waals surface area contributed by atoms with Crippen LogP contribution in [0.4, 0.5) is 17.8 Å². The van der Waals surface area contributed by atoms with Gasteiger partial charge in [-0.05, 0) is 68.4 Å². The monoisotopic (exact) mass is 535 g/mol. The Bertz CT molecular complexity index is 1210. The van der Waals surface area contributed by atoms with Crippen molar-refractivity contribution in [3.05, 3.63) is 58.6 Å². The van der Waals surface area contributed by atoms with Crippen LogP contribution in [0.3, 0.4) is 0 Å². The Morgan fingerprint density at radius 2 is 1.53 bits per heavy atom. The number of ether oxygens (including phenoxy) is 2. The van der Waals surface area contributed by atoms with Crippen molar-refractivity contribution in [2.24, 2.45) is 5.10 Å². The number of nitrogens with zero attached hydrogens (tertiary/aromatic N) is 6. The van der Waals surface area contributed by atoms with E-state index >= 15 is 0 Å². The highest BCUT2D eigenvalue weighted by atomic mass is 35.5. The minimum absolute atomic E-state index is 0.332. The smallest absolute Gasteiger partial charge is 0.250 e. The molecule has 200 valence electrons. The van der Waals surface area contributed by atoms with Gasteiger partial charge in [-0.2, -0.15) is 20.1 Å². The second-order valence-electron chi connectivity index (χ2n) is 9.51. The molecule has 1 N–H and O–H groups in total. The van der Waals surface area contributed by atoms with Gasteiger partial charge in [-0.15, -0.1) is 0 Å². The number of hydrazone groups is 1. The molecule has 0 saturated carbocycles. The van der Waals surface area contributed by atoms with E-state index in [1.54, 1.807) is 13.3 Å². The van der Waals surface area contributed by atoms with Crippen molar-refractivity contribution in [3.63, 3.8) is 0 Å². The predicted molar refractivity (Wildman–Crippen MR) is 152 cm³/mol. The van der Waals surface area contributed by atoms with Gasteiger partial charge in [0.25, 0.3) is 0 Å². The molecule has 2 aromatic carbocycles. The molecule has 2 fully saturated rings. The number of anilines is 3. The first kappa shape index (κ1) is 26.0. The van der Waals surface area contributed by atoms with Gasteiger partial charge in [0.1, 0.15) is 6.61 Å². The molecule has 1 aromatic heterocycles. The largest absolute Gasteiger partial charge is 0.493 e. The van der Waals surface area contributed by atoms with Crippen LogP contribution in [0, 0.1) is 0 Å². The Labute approximate surface area is 228 Å². The van der Waals surface area contributed by atoms with E-state index < -0.39 is 0 Å². The van der Waals surface area contributed by atoms with E-state index in [4.69, 9.17) is 36.0 Å². The number of aromatic nitrogens is 3. The first-order valence-corrected chi connectivity index (χ1v) is 13.7. The lowest BCUT2D eigenvalue weighted by Crippen LogP contribution is -2.34. The Hall–Kier alpha value is -3.59.